The first kappa shape index (κ1) is 9.92. The van der Waals surface area contributed by atoms with Gasteiger partial charge in [-0.2, -0.15) is 0 Å². The van der Waals surface area contributed by atoms with Crippen LogP contribution in [-0.2, 0) is 4.74 Å². The molecule has 1 heterocycles. The highest BCUT2D eigenvalue weighted by molar-refractivity contribution is 7.15. The molecule has 0 radical (unpaired) electrons. The van der Waals surface area contributed by atoms with Crippen LogP contribution in [0.1, 0.15) is 21.5 Å². The third-order valence-electron chi connectivity index (χ3n) is 1.68. The predicted octanol–water partition coefficient (Wildman–Crippen LogP) is 1.97. The van der Waals surface area contributed by atoms with E-state index in [1.807, 2.05) is 13.0 Å². The Bertz CT molecular complexity index is 341. The molecule has 1 aromatic rings. The molecule has 0 saturated carbocycles. The van der Waals surface area contributed by atoms with Gasteiger partial charge in [0.1, 0.15) is 4.88 Å². The molecule has 0 unspecified atom stereocenters. The van der Waals surface area contributed by atoms with Crippen molar-refractivity contribution in [3.63, 3.8) is 0 Å². The van der Waals surface area contributed by atoms with E-state index in [0.29, 0.717) is 4.88 Å². The second-order valence-electron chi connectivity index (χ2n) is 2.46. The number of hydrogen-bond acceptors (Lipinski definition) is 4. The fourth-order valence-corrected chi connectivity index (χ4v) is 1.77. The van der Waals surface area contributed by atoms with Crippen LogP contribution in [0.15, 0.2) is 17.1 Å². The monoisotopic (exact) mass is 197 g/mol. The van der Waals surface area contributed by atoms with Crippen molar-refractivity contribution in [2.75, 3.05) is 14.2 Å². The van der Waals surface area contributed by atoms with Crippen molar-refractivity contribution in [2.45, 2.75) is 6.92 Å². The molecule has 1 aromatic heterocycles. The summed E-state index contributed by atoms with van der Waals surface area (Å²) in [6.45, 7) is 1.91. The summed E-state index contributed by atoms with van der Waals surface area (Å²) in [6.07, 6.45) is 0. The molecule has 0 bridgehead atoms. The lowest BCUT2D eigenvalue weighted by atomic mass is 10.3. The van der Waals surface area contributed by atoms with Crippen LogP contribution in [0.4, 0.5) is 0 Å². The van der Waals surface area contributed by atoms with Crippen LogP contribution in [0, 0.1) is 0 Å². The van der Waals surface area contributed by atoms with E-state index in [2.05, 4.69) is 9.73 Å². The fraction of sp³-hybridized carbons (Fsp3) is 0.333. The SMILES string of the molecule is C/N=C(\C)c1ccc(C(=O)OC)s1. The minimum Gasteiger partial charge on any atom is -0.465 e. The van der Waals surface area contributed by atoms with Crippen LogP contribution in [-0.4, -0.2) is 25.8 Å². The van der Waals surface area contributed by atoms with Crippen LogP contribution in [0.2, 0.25) is 0 Å². The first-order valence-corrected chi connectivity index (χ1v) is 4.62. The highest BCUT2D eigenvalue weighted by Crippen LogP contribution is 2.17. The molecule has 0 aliphatic rings. The molecule has 3 nitrogen and oxygen atoms in total. The van der Waals surface area contributed by atoms with E-state index in [4.69, 9.17) is 0 Å². The maximum Gasteiger partial charge on any atom is 0.348 e. The van der Waals surface area contributed by atoms with Crippen LogP contribution < -0.4 is 0 Å². The lowest BCUT2D eigenvalue weighted by Crippen LogP contribution is -1.96. The lowest BCUT2D eigenvalue weighted by Gasteiger charge is -1.93. The third kappa shape index (κ3) is 2.15. The van der Waals surface area contributed by atoms with Gasteiger partial charge in [-0.25, -0.2) is 4.79 Å². The number of nitrogens with zero attached hydrogens (tertiary/aromatic N) is 1. The first-order valence-electron chi connectivity index (χ1n) is 3.81. The van der Waals surface area contributed by atoms with Crippen LogP contribution in [0.5, 0.6) is 0 Å². The van der Waals surface area contributed by atoms with Crippen molar-refractivity contribution in [2.24, 2.45) is 4.99 Å². The average Bonchev–Trinajstić information content (AvgIpc) is 2.64. The van der Waals surface area contributed by atoms with E-state index >= 15 is 0 Å². The minimum atomic E-state index is -0.292. The highest BCUT2D eigenvalue weighted by Gasteiger charge is 2.09. The third-order valence-corrected chi connectivity index (χ3v) is 2.86. The van der Waals surface area contributed by atoms with E-state index in [1.54, 1.807) is 13.1 Å². The van der Waals surface area contributed by atoms with E-state index in [0.717, 1.165) is 10.6 Å². The zero-order chi connectivity index (χ0) is 9.84. The molecule has 0 aromatic carbocycles. The van der Waals surface area contributed by atoms with Gasteiger partial charge in [-0.3, -0.25) is 4.99 Å². The van der Waals surface area contributed by atoms with Gasteiger partial charge >= 0.3 is 5.97 Å². The first-order chi connectivity index (χ1) is 6.19. The standard InChI is InChI=1S/C9H11NO2S/c1-6(10-2)7-4-5-8(13-7)9(11)12-3/h4-5H,1-3H3/b10-6+. The Hall–Kier alpha value is -1.16. The number of aliphatic imine (C=N–C) groups is 1. The average molecular weight is 197 g/mol. The van der Waals surface area contributed by atoms with Gasteiger partial charge in [0, 0.05) is 17.6 Å². The second-order valence-corrected chi connectivity index (χ2v) is 3.55. The van der Waals surface area contributed by atoms with E-state index in [1.165, 1.54) is 18.4 Å². The van der Waals surface area contributed by atoms with Gasteiger partial charge in [-0.15, -0.1) is 11.3 Å². The molecule has 0 amide bonds. The lowest BCUT2D eigenvalue weighted by molar-refractivity contribution is 0.0606. The molecule has 70 valence electrons. The van der Waals surface area contributed by atoms with Crippen molar-refractivity contribution in [1.82, 2.24) is 0 Å². The van der Waals surface area contributed by atoms with Crippen molar-refractivity contribution in [3.05, 3.63) is 21.9 Å². The summed E-state index contributed by atoms with van der Waals surface area (Å²) in [5.41, 5.74) is 0.931. The summed E-state index contributed by atoms with van der Waals surface area (Å²) in [6, 6.07) is 3.62. The minimum absolute atomic E-state index is 0.292. The zero-order valence-corrected chi connectivity index (χ0v) is 8.64. The molecule has 1 rings (SSSR count). The van der Waals surface area contributed by atoms with Crippen molar-refractivity contribution >= 4 is 23.0 Å². The molecule has 13 heavy (non-hydrogen) atoms. The normalized spacial score (nSPS) is 11.5. The fourth-order valence-electron chi connectivity index (χ4n) is 0.853. The molecule has 0 N–H and O–H groups in total. The summed E-state index contributed by atoms with van der Waals surface area (Å²) in [4.78, 5) is 16.7. The maximum atomic E-state index is 11.1. The largest absolute Gasteiger partial charge is 0.465 e. The number of methoxy groups -OCH3 is 1. The highest BCUT2D eigenvalue weighted by atomic mass is 32.1. The quantitative estimate of drug-likeness (QED) is 0.537. The van der Waals surface area contributed by atoms with Crippen LogP contribution >= 0.6 is 11.3 Å². The van der Waals surface area contributed by atoms with Gasteiger partial charge in [0.2, 0.25) is 0 Å². The molecular formula is C9H11NO2S. The van der Waals surface area contributed by atoms with Gasteiger partial charge in [0.05, 0.1) is 7.11 Å². The van der Waals surface area contributed by atoms with Crippen LogP contribution in [0.3, 0.4) is 0 Å². The van der Waals surface area contributed by atoms with Crippen molar-refractivity contribution < 1.29 is 9.53 Å². The van der Waals surface area contributed by atoms with Crippen LogP contribution in [0.25, 0.3) is 0 Å². The molecule has 0 spiro atoms. The Labute approximate surface area is 81.1 Å². The van der Waals surface area contributed by atoms with Crippen molar-refractivity contribution in [3.8, 4) is 0 Å². The molecular weight excluding hydrogens is 186 g/mol. The number of carbonyl (C=O) groups excluding carboxylic acids is 1. The van der Waals surface area contributed by atoms with Crippen molar-refractivity contribution in [1.29, 1.82) is 0 Å². The smallest absolute Gasteiger partial charge is 0.348 e. The van der Waals surface area contributed by atoms with Gasteiger partial charge in [-0.05, 0) is 19.1 Å². The van der Waals surface area contributed by atoms with Gasteiger partial charge < -0.3 is 4.74 Å². The molecule has 4 heteroatoms. The number of thiophene rings is 1. The number of rotatable bonds is 2. The maximum absolute atomic E-state index is 11.1. The van der Waals surface area contributed by atoms with E-state index in [9.17, 15) is 4.79 Å². The Balaban J connectivity index is 2.93. The topological polar surface area (TPSA) is 38.7 Å². The number of esters is 1. The molecule has 0 atom stereocenters. The summed E-state index contributed by atoms with van der Waals surface area (Å²) in [5, 5.41) is 0. The summed E-state index contributed by atoms with van der Waals surface area (Å²) >= 11 is 1.39. The summed E-state index contributed by atoms with van der Waals surface area (Å²) < 4.78 is 4.59. The Kier molecular flexibility index (Phi) is 3.19. The Morgan fingerprint density at radius 3 is 2.62 bits per heavy atom. The molecule has 0 aliphatic heterocycles. The predicted molar refractivity (Wildman–Crippen MR) is 53.8 cm³/mol. The Morgan fingerprint density at radius 2 is 2.08 bits per heavy atom. The van der Waals surface area contributed by atoms with Gasteiger partial charge in [0.25, 0.3) is 0 Å². The molecule has 0 fully saturated rings. The molecule has 0 aliphatic carbocycles. The van der Waals surface area contributed by atoms with Gasteiger partial charge in [0.15, 0.2) is 0 Å². The summed E-state index contributed by atoms with van der Waals surface area (Å²) in [5.74, 6) is -0.292. The van der Waals surface area contributed by atoms with E-state index < -0.39 is 0 Å². The van der Waals surface area contributed by atoms with E-state index in [-0.39, 0.29) is 5.97 Å². The number of carbonyl (C=O) groups is 1. The number of hydrogen-bond donors (Lipinski definition) is 0. The second kappa shape index (κ2) is 4.18. The summed E-state index contributed by atoms with van der Waals surface area (Å²) in [7, 11) is 3.11. The van der Waals surface area contributed by atoms with Gasteiger partial charge in [-0.1, -0.05) is 0 Å². The Morgan fingerprint density at radius 1 is 1.46 bits per heavy atom. The number of ether oxygens (including phenoxy) is 1. The molecule has 0 saturated heterocycles. The zero-order valence-electron chi connectivity index (χ0n) is 7.83.